The minimum absolute atomic E-state index is 0.113. The summed E-state index contributed by atoms with van der Waals surface area (Å²) in [7, 11) is 1.23. The largest absolute Gasteiger partial charge is 0.483 e. The molecule has 11 nitrogen and oxygen atoms in total. The summed E-state index contributed by atoms with van der Waals surface area (Å²) in [5, 5.41) is 10.5. The molecule has 14 heteroatoms. The summed E-state index contributed by atoms with van der Waals surface area (Å²) < 4.78 is 20.8. The van der Waals surface area contributed by atoms with Crippen LogP contribution in [0.15, 0.2) is 52.8 Å². The molecule has 40 heavy (non-hydrogen) atoms. The number of ether oxygens (including phenoxy) is 4. The first kappa shape index (κ1) is 30.7. The van der Waals surface area contributed by atoms with E-state index in [9.17, 15) is 14.4 Å². The third kappa shape index (κ3) is 8.07. The molecular formula is C26H26Cl2N4O7S. The second-order valence-electron chi connectivity index (χ2n) is 8.09. The minimum Gasteiger partial charge on any atom is -0.483 e. The highest BCUT2D eigenvalue weighted by molar-refractivity contribution is 7.80. The molecule has 2 aromatic carbocycles. The first-order chi connectivity index (χ1) is 19.1. The van der Waals surface area contributed by atoms with E-state index < -0.39 is 23.9 Å². The highest BCUT2D eigenvalue weighted by Gasteiger charge is 2.32. The summed E-state index contributed by atoms with van der Waals surface area (Å²) in [5.41, 5.74) is 4.31. The molecule has 0 bridgehead atoms. The zero-order valence-electron chi connectivity index (χ0n) is 21.7. The van der Waals surface area contributed by atoms with Gasteiger partial charge in [0.25, 0.3) is 5.91 Å². The van der Waals surface area contributed by atoms with Gasteiger partial charge in [-0.1, -0.05) is 41.4 Å². The van der Waals surface area contributed by atoms with Gasteiger partial charge in [0.15, 0.2) is 24.1 Å². The van der Waals surface area contributed by atoms with Crippen LogP contribution in [0, 0.1) is 0 Å². The zero-order valence-corrected chi connectivity index (χ0v) is 24.0. The molecule has 0 radical (unpaired) electrons. The molecule has 0 saturated heterocycles. The lowest BCUT2D eigenvalue weighted by Gasteiger charge is -2.30. The predicted octanol–water partition coefficient (Wildman–Crippen LogP) is 3.43. The molecule has 212 valence electrons. The van der Waals surface area contributed by atoms with Gasteiger partial charge in [-0.3, -0.25) is 4.79 Å². The van der Waals surface area contributed by atoms with Crippen molar-refractivity contribution in [1.29, 1.82) is 0 Å². The van der Waals surface area contributed by atoms with Gasteiger partial charge in [0, 0.05) is 11.3 Å². The van der Waals surface area contributed by atoms with E-state index >= 15 is 0 Å². The number of halogens is 2. The van der Waals surface area contributed by atoms with E-state index in [4.69, 9.17) is 49.6 Å². The number of amides is 1. The number of hydrogen-bond acceptors (Lipinski definition) is 9. The van der Waals surface area contributed by atoms with Crippen LogP contribution in [0.3, 0.4) is 0 Å². The number of hydrazone groups is 1. The van der Waals surface area contributed by atoms with Gasteiger partial charge in [0.2, 0.25) is 0 Å². The Kier molecular flexibility index (Phi) is 11.1. The van der Waals surface area contributed by atoms with Crippen LogP contribution >= 0.6 is 35.4 Å². The lowest BCUT2D eigenvalue weighted by atomic mass is 9.95. The monoisotopic (exact) mass is 608 g/mol. The maximum Gasteiger partial charge on any atom is 0.343 e. The van der Waals surface area contributed by atoms with Gasteiger partial charge in [-0.15, -0.1) is 0 Å². The number of benzene rings is 2. The fraction of sp³-hybridized carbons (Fsp3) is 0.269. The van der Waals surface area contributed by atoms with E-state index in [-0.39, 0.29) is 35.6 Å². The summed E-state index contributed by atoms with van der Waals surface area (Å²) in [6.07, 6.45) is 1.33. The average molecular weight is 609 g/mol. The summed E-state index contributed by atoms with van der Waals surface area (Å²) in [6.45, 7) is 2.92. The van der Waals surface area contributed by atoms with Crippen LogP contribution in [0.2, 0.25) is 10.0 Å². The third-order valence-corrected chi connectivity index (χ3v) is 6.12. The van der Waals surface area contributed by atoms with Crippen LogP contribution in [0.1, 0.15) is 31.0 Å². The van der Waals surface area contributed by atoms with Gasteiger partial charge >= 0.3 is 11.9 Å². The van der Waals surface area contributed by atoms with E-state index in [2.05, 4.69) is 25.9 Å². The molecule has 1 heterocycles. The Labute approximate surface area is 245 Å². The third-order valence-electron chi connectivity index (χ3n) is 5.34. The summed E-state index contributed by atoms with van der Waals surface area (Å²) in [5.74, 6) is -1.17. The molecule has 2 aromatic rings. The van der Waals surface area contributed by atoms with E-state index in [1.807, 2.05) is 0 Å². The Bertz CT molecular complexity index is 1340. The normalized spacial score (nSPS) is 14.7. The van der Waals surface area contributed by atoms with Crippen LogP contribution in [0.25, 0.3) is 0 Å². The van der Waals surface area contributed by atoms with Gasteiger partial charge in [0.1, 0.15) is 5.75 Å². The molecule has 1 atom stereocenters. The van der Waals surface area contributed by atoms with Crippen molar-refractivity contribution in [1.82, 2.24) is 16.1 Å². The molecule has 1 aliphatic heterocycles. The van der Waals surface area contributed by atoms with Crippen LogP contribution in [-0.2, 0) is 23.9 Å². The number of nitrogens with zero attached hydrogens (tertiary/aromatic N) is 1. The predicted molar refractivity (Wildman–Crippen MR) is 153 cm³/mol. The van der Waals surface area contributed by atoms with Gasteiger partial charge in [0.05, 0.1) is 41.6 Å². The first-order valence-corrected chi connectivity index (χ1v) is 13.0. The SMILES string of the molecule is CCOC(=O)C1=C(C)NC(=S)N[C@H]1c1ccccc1OCC(=O)NN=Cc1cc(Cl)c(OCC(=O)OC)c(Cl)c1. The van der Waals surface area contributed by atoms with E-state index in [0.717, 1.165) is 0 Å². The quantitative estimate of drug-likeness (QED) is 0.151. The number of rotatable bonds is 11. The molecule has 3 N–H and O–H groups in total. The Balaban J connectivity index is 1.66. The van der Waals surface area contributed by atoms with Crippen molar-refractivity contribution in [3.63, 3.8) is 0 Å². The number of hydrogen-bond donors (Lipinski definition) is 3. The van der Waals surface area contributed by atoms with Crippen LogP contribution in [0.5, 0.6) is 11.5 Å². The Morgan fingerprint density at radius 1 is 1.12 bits per heavy atom. The van der Waals surface area contributed by atoms with Gasteiger partial charge in [-0.25, -0.2) is 15.0 Å². The van der Waals surface area contributed by atoms with E-state index in [0.29, 0.717) is 33.3 Å². The lowest BCUT2D eigenvalue weighted by molar-refractivity contribution is -0.143. The summed E-state index contributed by atoms with van der Waals surface area (Å²) in [4.78, 5) is 36.4. The number of methoxy groups -OCH3 is 1. The maximum atomic E-state index is 12.7. The van der Waals surface area contributed by atoms with E-state index in [1.54, 1.807) is 38.1 Å². The van der Waals surface area contributed by atoms with Crippen molar-refractivity contribution in [3.05, 3.63) is 68.8 Å². The molecule has 0 unspecified atom stereocenters. The van der Waals surface area contributed by atoms with E-state index in [1.165, 1.54) is 25.5 Å². The van der Waals surface area contributed by atoms with Crippen molar-refractivity contribution in [3.8, 4) is 11.5 Å². The van der Waals surface area contributed by atoms with Gasteiger partial charge in [-0.2, -0.15) is 5.10 Å². The molecule has 1 aliphatic rings. The highest BCUT2D eigenvalue weighted by Crippen LogP contribution is 2.35. The Morgan fingerprint density at radius 3 is 2.50 bits per heavy atom. The van der Waals surface area contributed by atoms with Crippen molar-refractivity contribution < 1.29 is 33.3 Å². The number of thiocarbonyl (C=S) groups is 1. The minimum atomic E-state index is -0.654. The number of nitrogens with one attached hydrogen (secondary N) is 3. The van der Waals surface area contributed by atoms with Crippen molar-refractivity contribution in [2.75, 3.05) is 26.9 Å². The zero-order chi connectivity index (χ0) is 29.2. The number of para-hydroxylation sites is 1. The van der Waals surface area contributed by atoms with Crippen LogP contribution in [0.4, 0.5) is 0 Å². The van der Waals surface area contributed by atoms with Crippen molar-refractivity contribution in [2.24, 2.45) is 5.10 Å². The smallest absolute Gasteiger partial charge is 0.343 e. The molecule has 0 spiro atoms. The van der Waals surface area contributed by atoms with Gasteiger partial charge in [-0.05, 0) is 49.8 Å². The van der Waals surface area contributed by atoms with Crippen molar-refractivity contribution in [2.45, 2.75) is 19.9 Å². The number of carbonyl (C=O) groups excluding carboxylic acids is 3. The molecule has 3 rings (SSSR count). The molecule has 0 aromatic heterocycles. The fourth-order valence-electron chi connectivity index (χ4n) is 3.59. The van der Waals surface area contributed by atoms with Gasteiger partial charge < -0.3 is 29.6 Å². The standard InChI is InChI=1S/C26H26Cl2N4O7S/c1-4-37-25(35)22-14(2)30-26(40)31-23(22)16-7-5-6-8-19(16)38-12-20(33)32-29-11-15-9-17(27)24(18(28)10-15)39-13-21(34)36-3/h5-11,23H,4,12-13H2,1-3H3,(H,32,33)(H2,30,31,40)/t23-/m0/s1. The first-order valence-electron chi connectivity index (χ1n) is 11.8. The molecular weight excluding hydrogens is 583 g/mol. The number of esters is 2. The summed E-state index contributed by atoms with van der Waals surface area (Å²) in [6, 6.07) is 9.28. The molecule has 1 amide bonds. The molecule has 0 saturated carbocycles. The maximum absolute atomic E-state index is 12.7. The lowest BCUT2D eigenvalue weighted by Crippen LogP contribution is -2.45. The van der Waals surface area contributed by atoms with Crippen molar-refractivity contribution >= 4 is 64.6 Å². The molecule has 0 fully saturated rings. The fourth-order valence-corrected chi connectivity index (χ4v) is 4.48. The number of allylic oxidation sites excluding steroid dienone is 1. The average Bonchev–Trinajstić information content (AvgIpc) is 2.91. The topological polar surface area (TPSA) is 137 Å². The summed E-state index contributed by atoms with van der Waals surface area (Å²) >= 11 is 17.7. The Hall–Kier alpha value is -3.87. The second-order valence-corrected chi connectivity index (χ2v) is 9.31. The second kappa shape index (κ2) is 14.5. The number of carbonyl (C=O) groups is 3. The highest BCUT2D eigenvalue weighted by atomic mass is 35.5. The molecule has 0 aliphatic carbocycles. The van der Waals surface area contributed by atoms with Crippen LogP contribution < -0.4 is 25.5 Å². The Morgan fingerprint density at radius 2 is 1.82 bits per heavy atom. The van der Waals surface area contributed by atoms with Crippen LogP contribution in [-0.4, -0.2) is 56.1 Å².